The van der Waals surface area contributed by atoms with Crippen molar-refractivity contribution in [2.24, 2.45) is 46.3 Å². The Morgan fingerprint density at radius 3 is 2.26 bits per heavy atom. The summed E-state index contributed by atoms with van der Waals surface area (Å²) in [6, 6.07) is 2.94. The lowest BCUT2D eigenvalue weighted by atomic mass is 9.43. The molecular formula is C34H50O8. The number of methoxy groups -OCH3 is 3. The largest absolute Gasteiger partial charge is 0.493 e. The molecule has 0 unspecified atom stereocenters. The van der Waals surface area contributed by atoms with Gasteiger partial charge in [0.25, 0.3) is 0 Å². The van der Waals surface area contributed by atoms with Crippen LogP contribution in [-0.2, 0) is 9.53 Å². The zero-order valence-electron chi connectivity index (χ0n) is 26.2. The molecule has 8 heteroatoms. The number of hydrogen-bond acceptors (Lipinski definition) is 8. The smallest absolute Gasteiger partial charge is 0.346 e. The average Bonchev–Trinajstić information content (AvgIpc) is 3.34. The summed E-state index contributed by atoms with van der Waals surface area (Å²) in [7, 11) is 4.40. The summed E-state index contributed by atoms with van der Waals surface area (Å²) in [5, 5.41) is 22.1. The van der Waals surface area contributed by atoms with E-state index in [1.807, 2.05) is 0 Å². The summed E-state index contributed by atoms with van der Waals surface area (Å²) < 4.78 is 21.1. The summed E-state index contributed by atoms with van der Waals surface area (Å²) in [6.07, 6.45) is 8.46. The fraction of sp³-hybridized carbons (Fsp3) is 0.765. The van der Waals surface area contributed by atoms with Gasteiger partial charge in [-0.05, 0) is 116 Å². The Hall–Kier alpha value is -2.32. The highest BCUT2D eigenvalue weighted by Gasteiger charge is 2.63. The summed E-state index contributed by atoms with van der Waals surface area (Å²) in [5.41, 5.74) is 0.184. The number of hydrogen-bond donors (Lipinski definition) is 2. The van der Waals surface area contributed by atoms with Gasteiger partial charge in [0.2, 0.25) is 5.75 Å². The lowest BCUT2D eigenvalue weighted by Crippen LogP contribution is -2.58. The molecule has 5 rings (SSSR count). The van der Waals surface area contributed by atoms with Crippen LogP contribution in [0.5, 0.6) is 17.2 Å². The monoisotopic (exact) mass is 586 g/mol. The van der Waals surface area contributed by atoms with E-state index in [2.05, 4.69) is 20.8 Å². The fourth-order valence-corrected chi connectivity index (χ4v) is 10.1. The maximum absolute atomic E-state index is 12.8. The minimum atomic E-state index is -0.757. The maximum Gasteiger partial charge on any atom is 0.346 e. The first-order valence-electron chi connectivity index (χ1n) is 15.9. The van der Waals surface area contributed by atoms with E-state index >= 15 is 0 Å². The van der Waals surface area contributed by atoms with Crippen LogP contribution in [0.3, 0.4) is 0 Å². The van der Waals surface area contributed by atoms with Crippen LogP contribution in [0.15, 0.2) is 12.1 Å². The molecule has 2 N–H and O–H groups in total. The lowest BCUT2D eigenvalue weighted by molar-refractivity contribution is -0.175. The van der Waals surface area contributed by atoms with Gasteiger partial charge in [0.05, 0.1) is 39.1 Å². The van der Waals surface area contributed by atoms with E-state index in [0.29, 0.717) is 53.3 Å². The van der Waals surface area contributed by atoms with Crippen LogP contribution < -0.4 is 14.2 Å². The molecule has 0 bridgehead atoms. The van der Waals surface area contributed by atoms with Crippen LogP contribution in [0.4, 0.5) is 0 Å². The third-order valence-electron chi connectivity index (χ3n) is 12.4. The van der Waals surface area contributed by atoms with Crippen LogP contribution >= 0.6 is 0 Å². The van der Waals surface area contributed by atoms with Gasteiger partial charge in [-0.15, -0.1) is 0 Å². The molecule has 0 spiro atoms. The predicted octanol–water partition coefficient (Wildman–Crippen LogP) is 5.80. The molecule has 1 aromatic rings. The molecule has 4 saturated carbocycles. The molecular weight excluding hydrogens is 536 g/mol. The SMILES string of the molecule is COc1cc(C(=O)OC(=O)CC[C@@H](C)[C@@H]2CC[C@H]3[C@@H]4CC[C@@H]5C[C@H](O)CC[C@]5(C)[C@H]4C[C@H](O)[C@@]32C)cc(OC)c1OC. The van der Waals surface area contributed by atoms with Gasteiger partial charge >= 0.3 is 11.9 Å². The molecule has 234 valence electrons. The molecule has 0 amide bonds. The van der Waals surface area contributed by atoms with Gasteiger partial charge in [-0.2, -0.15) is 0 Å². The zero-order chi connectivity index (χ0) is 30.4. The zero-order valence-corrected chi connectivity index (χ0v) is 26.2. The molecule has 1 aromatic carbocycles. The molecule has 10 atom stereocenters. The molecule has 4 aliphatic rings. The summed E-state index contributed by atoms with van der Waals surface area (Å²) in [4.78, 5) is 25.6. The van der Waals surface area contributed by atoms with Gasteiger partial charge < -0.3 is 29.2 Å². The minimum Gasteiger partial charge on any atom is -0.493 e. The Labute approximate surface area is 250 Å². The summed E-state index contributed by atoms with van der Waals surface area (Å²) in [5.74, 6) is 2.37. The number of carbonyl (C=O) groups excluding carboxylic acids is 2. The van der Waals surface area contributed by atoms with Crippen molar-refractivity contribution in [2.45, 2.75) is 97.2 Å². The first-order chi connectivity index (χ1) is 20.0. The van der Waals surface area contributed by atoms with Gasteiger partial charge in [0.1, 0.15) is 0 Å². The van der Waals surface area contributed by atoms with Crippen molar-refractivity contribution in [2.75, 3.05) is 21.3 Å². The van der Waals surface area contributed by atoms with Crippen LogP contribution in [-0.4, -0.2) is 55.7 Å². The van der Waals surface area contributed by atoms with Gasteiger partial charge in [-0.25, -0.2) is 4.79 Å². The molecule has 4 fully saturated rings. The van der Waals surface area contributed by atoms with Crippen molar-refractivity contribution < 1.29 is 38.7 Å². The van der Waals surface area contributed by atoms with Gasteiger partial charge in [0.15, 0.2) is 11.5 Å². The number of fused-ring (bicyclic) bond motifs is 5. The third kappa shape index (κ3) is 5.21. The van der Waals surface area contributed by atoms with Gasteiger partial charge in [-0.3, -0.25) is 4.79 Å². The molecule has 0 aliphatic heterocycles. The number of carbonyl (C=O) groups is 2. The molecule has 0 heterocycles. The molecule has 42 heavy (non-hydrogen) atoms. The van der Waals surface area contributed by atoms with Crippen LogP contribution in [0.25, 0.3) is 0 Å². The highest BCUT2D eigenvalue weighted by molar-refractivity contribution is 5.97. The highest BCUT2D eigenvalue weighted by atomic mass is 16.6. The Kier molecular flexibility index (Phi) is 8.88. The average molecular weight is 587 g/mol. The molecule has 0 radical (unpaired) electrons. The maximum atomic E-state index is 12.8. The molecule has 4 aliphatic carbocycles. The Morgan fingerprint density at radius 2 is 1.62 bits per heavy atom. The van der Waals surface area contributed by atoms with Gasteiger partial charge in [-0.1, -0.05) is 20.8 Å². The second-order valence-electron chi connectivity index (χ2n) is 14.1. The highest BCUT2D eigenvalue weighted by Crippen LogP contribution is 2.68. The van der Waals surface area contributed by atoms with Crippen molar-refractivity contribution in [1.29, 1.82) is 0 Å². The predicted molar refractivity (Wildman–Crippen MR) is 158 cm³/mol. The Balaban J connectivity index is 1.22. The van der Waals surface area contributed by atoms with E-state index in [1.165, 1.54) is 46.3 Å². The Morgan fingerprint density at radius 1 is 0.929 bits per heavy atom. The quantitative estimate of drug-likeness (QED) is 0.290. The molecule has 8 nitrogen and oxygen atoms in total. The van der Waals surface area contributed by atoms with E-state index in [1.54, 1.807) is 0 Å². The fourth-order valence-electron chi connectivity index (χ4n) is 10.1. The first kappa shape index (κ1) is 31.1. The number of rotatable bonds is 8. The number of ether oxygens (including phenoxy) is 4. The van der Waals surface area contributed by atoms with E-state index in [4.69, 9.17) is 18.9 Å². The van der Waals surface area contributed by atoms with Crippen molar-refractivity contribution in [3.8, 4) is 17.2 Å². The normalized spacial score (nSPS) is 38.0. The Bertz CT molecular complexity index is 1140. The number of esters is 2. The van der Waals surface area contributed by atoms with Crippen molar-refractivity contribution >= 4 is 11.9 Å². The second-order valence-corrected chi connectivity index (χ2v) is 14.1. The van der Waals surface area contributed by atoms with Crippen molar-refractivity contribution in [3.05, 3.63) is 17.7 Å². The number of aliphatic hydroxyl groups excluding tert-OH is 2. The number of benzene rings is 1. The van der Waals surface area contributed by atoms with E-state index in [0.717, 1.165) is 38.5 Å². The third-order valence-corrected chi connectivity index (χ3v) is 12.4. The van der Waals surface area contributed by atoms with E-state index < -0.39 is 11.9 Å². The standard InChI is InChI=1S/C34H50O8/c1-19(7-12-30(37)42-32(38)20-15-27(39-4)31(41-6)28(16-20)40-5)24-10-11-25-23-9-8-21-17-22(35)13-14-33(21,2)26(23)18-29(36)34(24,25)3/h15-16,19,21-26,29,35-36H,7-14,17-18H2,1-6H3/t19-,21-,22-,23+,24+,25+,26+,29+,33+,34-/m1/s1. The van der Waals surface area contributed by atoms with Crippen molar-refractivity contribution in [1.82, 2.24) is 0 Å². The molecule has 0 saturated heterocycles. The summed E-state index contributed by atoms with van der Waals surface area (Å²) in [6.45, 7) is 6.93. The van der Waals surface area contributed by atoms with Crippen molar-refractivity contribution in [3.63, 3.8) is 0 Å². The second kappa shape index (κ2) is 12.0. The van der Waals surface area contributed by atoms with Gasteiger partial charge in [0, 0.05) is 6.42 Å². The van der Waals surface area contributed by atoms with E-state index in [9.17, 15) is 19.8 Å². The summed E-state index contributed by atoms with van der Waals surface area (Å²) >= 11 is 0. The topological polar surface area (TPSA) is 112 Å². The minimum absolute atomic E-state index is 0.138. The van der Waals surface area contributed by atoms with E-state index in [-0.39, 0.29) is 40.9 Å². The lowest BCUT2D eigenvalue weighted by Gasteiger charge is -2.62. The number of aliphatic hydroxyl groups is 2. The van der Waals surface area contributed by atoms with Crippen LogP contribution in [0.1, 0.15) is 95.3 Å². The van der Waals surface area contributed by atoms with Crippen LogP contribution in [0, 0.1) is 46.3 Å². The first-order valence-corrected chi connectivity index (χ1v) is 15.9. The molecule has 0 aromatic heterocycles. The van der Waals surface area contributed by atoms with Crippen LogP contribution in [0.2, 0.25) is 0 Å².